The lowest BCUT2D eigenvalue weighted by atomic mass is 9.91. The zero-order valence-electron chi connectivity index (χ0n) is 10.3. The first kappa shape index (κ1) is 14.3. The summed E-state index contributed by atoms with van der Waals surface area (Å²) < 4.78 is 0. The molecule has 0 aromatic carbocycles. The molecule has 0 aromatic heterocycles. The van der Waals surface area contributed by atoms with Crippen LogP contribution in [0, 0.1) is 5.92 Å². The van der Waals surface area contributed by atoms with Crippen LogP contribution in [-0.2, 0) is 9.59 Å². The van der Waals surface area contributed by atoms with Crippen molar-refractivity contribution in [1.82, 2.24) is 0 Å². The third-order valence-electron chi connectivity index (χ3n) is 2.62. The van der Waals surface area contributed by atoms with E-state index in [0.717, 1.165) is 12.8 Å². The maximum atomic E-state index is 11.0. The van der Waals surface area contributed by atoms with Crippen molar-refractivity contribution in [3.05, 3.63) is 0 Å². The van der Waals surface area contributed by atoms with Crippen LogP contribution in [0.2, 0.25) is 0 Å². The Morgan fingerprint density at radius 3 is 1.87 bits per heavy atom. The van der Waals surface area contributed by atoms with Crippen molar-refractivity contribution in [2.45, 2.75) is 65.7 Å². The molecule has 0 amide bonds. The van der Waals surface area contributed by atoms with E-state index in [4.69, 9.17) is 0 Å². The fraction of sp³-hybridized carbons (Fsp3) is 0.846. The minimum atomic E-state index is 0.205. The number of rotatable bonds is 9. The van der Waals surface area contributed by atoms with Crippen LogP contribution in [-0.4, -0.2) is 11.6 Å². The van der Waals surface area contributed by atoms with Gasteiger partial charge in [0, 0.05) is 12.8 Å². The molecule has 0 saturated carbocycles. The molecule has 0 radical (unpaired) electrons. The van der Waals surface area contributed by atoms with Crippen molar-refractivity contribution in [3.8, 4) is 0 Å². The molecule has 0 aliphatic carbocycles. The van der Waals surface area contributed by atoms with Crippen molar-refractivity contribution in [3.63, 3.8) is 0 Å². The topological polar surface area (TPSA) is 34.1 Å². The van der Waals surface area contributed by atoms with Gasteiger partial charge in [-0.15, -0.1) is 0 Å². The van der Waals surface area contributed by atoms with Crippen LogP contribution in [0.25, 0.3) is 0 Å². The number of ketones is 2. The highest BCUT2D eigenvalue weighted by Gasteiger charge is 2.13. The molecule has 0 heterocycles. The normalized spacial score (nSPS) is 10.7. The Balaban J connectivity index is 3.79. The Labute approximate surface area is 93.4 Å². The van der Waals surface area contributed by atoms with Gasteiger partial charge in [-0.05, 0) is 26.2 Å². The average Bonchev–Trinajstić information content (AvgIpc) is 2.10. The number of unbranched alkanes of at least 4 members (excludes halogenated alkanes) is 3. The Morgan fingerprint density at radius 2 is 1.47 bits per heavy atom. The SMILES string of the molecule is CCCCCCC(CC(C)=O)CC(C)=O. The highest BCUT2D eigenvalue weighted by Crippen LogP contribution is 2.18. The van der Waals surface area contributed by atoms with Crippen LogP contribution >= 0.6 is 0 Å². The summed E-state index contributed by atoms with van der Waals surface area (Å²) in [5.74, 6) is 0.699. The molecule has 0 atom stereocenters. The van der Waals surface area contributed by atoms with Gasteiger partial charge in [0.05, 0.1) is 0 Å². The van der Waals surface area contributed by atoms with E-state index in [9.17, 15) is 9.59 Å². The standard InChI is InChI=1S/C13H24O2/c1-4-5-6-7-8-13(9-11(2)14)10-12(3)15/h13H,4-10H2,1-3H3. The molecule has 0 aromatic rings. The molecule has 0 saturated heterocycles. The number of Topliss-reactive ketones (excluding diaryl/α,β-unsaturated/α-hetero) is 2. The van der Waals surface area contributed by atoms with Gasteiger partial charge >= 0.3 is 0 Å². The monoisotopic (exact) mass is 212 g/mol. The lowest BCUT2D eigenvalue weighted by molar-refractivity contribution is -0.119. The quantitative estimate of drug-likeness (QED) is 0.548. The summed E-state index contributed by atoms with van der Waals surface area (Å²) in [6.07, 6.45) is 7.04. The second kappa shape index (κ2) is 8.63. The van der Waals surface area contributed by atoms with Crippen molar-refractivity contribution >= 4 is 11.6 Å². The summed E-state index contributed by atoms with van der Waals surface area (Å²) in [5.41, 5.74) is 0. The second-order valence-corrected chi connectivity index (χ2v) is 4.53. The van der Waals surface area contributed by atoms with E-state index in [1.807, 2.05) is 0 Å². The zero-order valence-corrected chi connectivity index (χ0v) is 10.3. The number of hydrogen-bond acceptors (Lipinski definition) is 2. The van der Waals surface area contributed by atoms with Gasteiger partial charge in [-0.3, -0.25) is 0 Å². The fourth-order valence-electron chi connectivity index (χ4n) is 1.95. The van der Waals surface area contributed by atoms with E-state index in [2.05, 4.69) is 6.92 Å². The second-order valence-electron chi connectivity index (χ2n) is 4.53. The lowest BCUT2D eigenvalue weighted by Gasteiger charge is -2.13. The van der Waals surface area contributed by atoms with Gasteiger partial charge in [-0.1, -0.05) is 32.6 Å². The summed E-state index contributed by atoms with van der Waals surface area (Å²) in [5, 5.41) is 0. The Hall–Kier alpha value is -0.660. The molecule has 0 spiro atoms. The third-order valence-corrected chi connectivity index (χ3v) is 2.62. The smallest absolute Gasteiger partial charge is 0.130 e. The third kappa shape index (κ3) is 9.64. The fourth-order valence-corrected chi connectivity index (χ4v) is 1.95. The van der Waals surface area contributed by atoms with Crippen LogP contribution in [0.1, 0.15) is 65.7 Å². The predicted octanol–water partition coefficient (Wildman–Crippen LogP) is 3.53. The first-order valence-electron chi connectivity index (χ1n) is 6.05. The van der Waals surface area contributed by atoms with Crippen LogP contribution in [0.3, 0.4) is 0 Å². The van der Waals surface area contributed by atoms with Gasteiger partial charge in [0.2, 0.25) is 0 Å². The van der Waals surface area contributed by atoms with Crippen LogP contribution in [0.5, 0.6) is 0 Å². The molecular formula is C13H24O2. The minimum Gasteiger partial charge on any atom is -0.300 e. The van der Waals surface area contributed by atoms with Crippen molar-refractivity contribution < 1.29 is 9.59 Å². The van der Waals surface area contributed by atoms with Crippen LogP contribution < -0.4 is 0 Å². The molecule has 2 heteroatoms. The Morgan fingerprint density at radius 1 is 0.933 bits per heavy atom. The maximum Gasteiger partial charge on any atom is 0.130 e. The van der Waals surface area contributed by atoms with E-state index in [-0.39, 0.29) is 17.5 Å². The molecule has 0 N–H and O–H groups in total. The van der Waals surface area contributed by atoms with Gasteiger partial charge in [0.25, 0.3) is 0 Å². The van der Waals surface area contributed by atoms with Gasteiger partial charge < -0.3 is 9.59 Å². The minimum absolute atomic E-state index is 0.205. The summed E-state index contributed by atoms with van der Waals surface area (Å²) in [4.78, 5) is 22.0. The van der Waals surface area contributed by atoms with Crippen molar-refractivity contribution in [2.75, 3.05) is 0 Å². The molecule has 0 fully saturated rings. The Kier molecular flexibility index (Phi) is 8.25. The molecular weight excluding hydrogens is 188 g/mol. The van der Waals surface area contributed by atoms with Gasteiger partial charge in [-0.25, -0.2) is 0 Å². The van der Waals surface area contributed by atoms with Crippen molar-refractivity contribution in [1.29, 1.82) is 0 Å². The molecule has 0 rings (SSSR count). The molecule has 15 heavy (non-hydrogen) atoms. The van der Waals surface area contributed by atoms with Gasteiger partial charge in [0.1, 0.15) is 11.6 Å². The molecule has 0 aliphatic heterocycles. The summed E-state index contributed by atoms with van der Waals surface area (Å²) in [6, 6.07) is 0. The largest absolute Gasteiger partial charge is 0.300 e. The highest BCUT2D eigenvalue weighted by molar-refractivity contribution is 5.79. The lowest BCUT2D eigenvalue weighted by Crippen LogP contribution is -2.10. The zero-order chi connectivity index (χ0) is 11.7. The summed E-state index contributed by atoms with van der Waals surface area (Å²) in [7, 11) is 0. The van der Waals surface area contributed by atoms with E-state index < -0.39 is 0 Å². The maximum absolute atomic E-state index is 11.0. The number of hydrogen-bond donors (Lipinski definition) is 0. The number of carbonyl (C=O) groups is 2. The van der Waals surface area contributed by atoms with E-state index in [1.54, 1.807) is 13.8 Å². The van der Waals surface area contributed by atoms with Crippen LogP contribution in [0.15, 0.2) is 0 Å². The molecule has 0 bridgehead atoms. The molecule has 0 aliphatic rings. The molecule has 88 valence electrons. The first-order valence-corrected chi connectivity index (χ1v) is 6.05. The number of carbonyl (C=O) groups excluding carboxylic acids is 2. The Bertz CT molecular complexity index is 181. The average molecular weight is 212 g/mol. The van der Waals surface area contributed by atoms with E-state index in [1.165, 1.54) is 19.3 Å². The molecule has 2 nitrogen and oxygen atoms in total. The van der Waals surface area contributed by atoms with Gasteiger partial charge in [-0.2, -0.15) is 0 Å². The highest BCUT2D eigenvalue weighted by atomic mass is 16.1. The first-order chi connectivity index (χ1) is 7.06. The summed E-state index contributed by atoms with van der Waals surface area (Å²) in [6.45, 7) is 5.40. The summed E-state index contributed by atoms with van der Waals surface area (Å²) >= 11 is 0. The van der Waals surface area contributed by atoms with Gasteiger partial charge in [0.15, 0.2) is 0 Å². The predicted molar refractivity (Wildman–Crippen MR) is 62.8 cm³/mol. The van der Waals surface area contributed by atoms with Crippen molar-refractivity contribution in [2.24, 2.45) is 5.92 Å². The van der Waals surface area contributed by atoms with Crippen LogP contribution in [0.4, 0.5) is 0 Å². The molecule has 0 unspecified atom stereocenters. The van der Waals surface area contributed by atoms with E-state index >= 15 is 0 Å². The van der Waals surface area contributed by atoms with E-state index in [0.29, 0.717) is 12.8 Å².